The summed E-state index contributed by atoms with van der Waals surface area (Å²) in [5, 5.41) is 7.05. The van der Waals surface area contributed by atoms with Crippen molar-refractivity contribution in [3.05, 3.63) is 112 Å². The molecule has 0 unspecified atom stereocenters. The van der Waals surface area contributed by atoms with Crippen LogP contribution in [0.15, 0.2) is 98.6 Å². The third kappa shape index (κ3) is 5.98. The predicted molar refractivity (Wildman–Crippen MR) is 162 cm³/mol. The molecule has 9 heteroatoms. The number of nitrogens with one attached hydrogen (secondary N) is 2. The maximum atomic E-state index is 12.6. The van der Waals surface area contributed by atoms with Crippen molar-refractivity contribution in [2.75, 3.05) is 12.4 Å². The van der Waals surface area contributed by atoms with Crippen molar-refractivity contribution in [3.63, 3.8) is 0 Å². The summed E-state index contributed by atoms with van der Waals surface area (Å²) in [6.07, 6.45) is 2.85. The zero-order valence-corrected chi connectivity index (χ0v) is 23.1. The van der Waals surface area contributed by atoms with Gasteiger partial charge >= 0.3 is 5.63 Å². The predicted octanol–water partition coefficient (Wildman–Crippen LogP) is 7.22. The van der Waals surface area contributed by atoms with Crippen molar-refractivity contribution in [2.24, 2.45) is 0 Å². The Morgan fingerprint density at radius 1 is 0.975 bits per heavy atom. The lowest BCUT2D eigenvalue weighted by Crippen LogP contribution is -2.32. The zero-order valence-electron chi connectivity index (χ0n) is 21.5. The Morgan fingerprint density at radius 2 is 1.77 bits per heavy atom. The molecule has 0 bridgehead atoms. The van der Waals surface area contributed by atoms with E-state index < -0.39 is 11.5 Å². The number of rotatable bonds is 6. The Hall–Kier alpha value is -4.66. The van der Waals surface area contributed by atoms with Gasteiger partial charge in [-0.15, -0.1) is 0 Å². The number of aryl methyl sites for hydroxylation is 1. The molecule has 40 heavy (non-hydrogen) atoms. The van der Waals surface area contributed by atoms with E-state index in [2.05, 4.69) is 10.6 Å². The first-order valence-electron chi connectivity index (χ1n) is 12.2. The van der Waals surface area contributed by atoms with Gasteiger partial charge in [0.1, 0.15) is 22.9 Å². The molecule has 0 spiro atoms. The normalized spacial score (nSPS) is 11.1. The van der Waals surface area contributed by atoms with E-state index >= 15 is 0 Å². The number of halogens is 1. The fourth-order valence-corrected chi connectivity index (χ4v) is 4.44. The standard InChI is InChI=1S/C31H23ClN2O5S/c1-18-7-8-21(16-24(18)32)27-13-10-22(38-27)11-14-29(35)34-31(40)33-25-17-19(9-12-28(25)37-2)23-15-20-5-3-4-6-26(20)39-30(23)36/h3-17H,1-2H3,(H2,33,34,35,40)/b14-11+. The number of amides is 1. The Kier molecular flexibility index (Phi) is 7.82. The summed E-state index contributed by atoms with van der Waals surface area (Å²) in [5.41, 5.74) is 3.29. The lowest BCUT2D eigenvalue weighted by Gasteiger charge is -2.14. The van der Waals surface area contributed by atoms with Gasteiger partial charge in [-0.3, -0.25) is 10.1 Å². The second-order valence-electron chi connectivity index (χ2n) is 8.84. The molecule has 7 nitrogen and oxygen atoms in total. The first-order valence-corrected chi connectivity index (χ1v) is 13.0. The molecule has 0 saturated heterocycles. The van der Waals surface area contributed by atoms with Crippen LogP contribution in [-0.4, -0.2) is 18.1 Å². The number of methoxy groups -OCH3 is 1. The van der Waals surface area contributed by atoms with Gasteiger partial charge in [0.05, 0.1) is 18.4 Å². The van der Waals surface area contributed by atoms with Crippen molar-refractivity contribution in [1.29, 1.82) is 0 Å². The molecular weight excluding hydrogens is 548 g/mol. The number of fused-ring (bicyclic) bond motifs is 1. The number of para-hydroxylation sites is 1. The number of anilines is 1. The van der Waals surface area contributed by atoms with Crippen LogP contribution in [0.1, 0.15) is 11.3 Å². The SMILES string of the molecule is COc1ccc(-c2cc3ccccc3oc2=O)cc1NC(=S)NC(=O)/C=C/c1ccc(-c2ccc(C)c(Cl)c2)o1. The molecule has 0 atom stereocenters. The number of benzene rings is 3. The molecule has 5 aromatic rings. The van der Waals surface area contributed by atoms with E-state index in [0.29, 0.717) is 44.7 Å². The van der Waals surface area contributed by atoms with Crippen molar-refractivity contribution < 1.29 is 18.4 Å². The van der Waals surface area contributed by atoms with Crippen molar-refractivity contribution in [1.82, 2.24) is 5.32 Å². The van der Waals surface area contributed by atoms with Crippen LogP contribution in [0.25, 0.3) is 39.5 Å². The molecule has 5 rings (SSSR count). The lowest BCUT2D eigenvalue weighted by molar-refractivity contribution is -0.115. The van der Waals surface area contributed by atoms with Crippen LogP contribution < -0.4 is 21.0 Å². The monoisotopic (exact) mass is 570 g/mol. The summed E-state index contributed by atoms with van der Waals surface area (Å²) >= 11 is 11.6. The molecular formula is C31H23ClN2O5S. The number of carbonyl (C=O) groups is 1. The van der Waals surface area contributed by atoms with Crippen molar-refractivity contribution in [3.8, 4) is 28.2 Å². The molecule has 1 amide bonds. The second kappa shape index (κ2) is 11.6. The van der Waals surface area contributed by atoms with E-state index in [9.17, 15) is 9.59 Å². The van der Waals surface area contributed by atoms with Crippen LogP contribution in [0.3, 0.4) is 0 Å². The number of hydrogen-bond donors (Lipinski definition) is 2. The van der Waals surface area contributed by atoms with Gasteiger partial charge in [-0.25, -0.2) is 4.79 Å². The van der Waals surface area contributed by atoms with Gasteiger partial charge < -0.3 is 18.9 Å². The maximum absolute atomic E-state index is 12.6. The maximum Gasteiger partial charge on any atom is 0.344 e. The molecule has 2 heterocycles. The molecule has 0 fully saturated rings. The fourth-order valence-electron chi connectivity index (χ4n) is 4.05. The third-order valence-electron chi connectivity index (χ3n) is 6.12. The van der Waals surface area contributed by atoms with Crippen molar-refractivity contribution in [2.45, 2.75) is 6.92 Å². The summed E-state index contributed by atoms with van der Waals surface area (Å²) in [6.45, 7) is 1.93. The van der Waals surface area contributed by atoms with E-state index in [1.54, 1.807) is 48.5 Å². The van der Waals surface area contributed by atoms with Gasteiger partial charge in [0.15, 0.2) is 5.11 Å². The molecule has 0 saturated carbocycles. The van der Waals surface area contributed by atoms with Crippen LogP contribution in [0, 0.1) is 6.92 Å². The first kappa shape index (κ1) is 26.9. The molecule has 2 aromatic heterocycles. The van der Waals surface area contributed by atoms with Gasteiger partial charge in [-0.2, -0.15) is 0 Å². The fraction of sp³-hybridized carbons (Fsp3) is 0.0645. The van der Waals surface area contributed by atoms with E-state index in [0.717, 1.165) is 16.5 Å². The van der Waals surface area contributed by atoms with E-state index in [-0.39, 0.29) is 5.11 Å². The summed E-state index contributed by atoms with van der Waals surface area (Å²) in [4.78, 5) is 25.2. The van der Waals surface area contributed by atoms with Crippen LogP contribution in [0.5, 0.6) is 5.75 Å². The highest BCUT2D eigenvalue weighted by Gasteiger charge is 2.13. The molecule has 0 radical (unpaired) electrons. The average Bonchev–Trinajstić information content (AvgIpc) is 3.42. The summed E-state index contributed by atoms with van der Waals surface area (Å²) in [6, 6.07) is 23.4. The molecule has 0 aliphatic rings. The van der Waals surface area contributed by atoms with Crippen LogP contribution >= 0.6 is 23.8 Å². The average molecular weight is 571 g/mol. The smallest absolute Gasteiger partial charge is 0.344 e. The van der Waals surface area contributed by atoms with Crippen LogP contribution in [0.4, 0.5) is 5.69 Å². The van der Waals surface area contributed by atoms with Gasteiger partial charge in [0, 0.05) is 22.0 Å². The minimum atomic E-state index is -0.470. The highest BCUT2D eigenvalue weighted by molar-refractivity contribution is 7.80. The largest absolute Gasteiger partial charge is 0.495 e. The van der Waals surface area contributed by atoms with E-state index in [1.165, 1.54) is 19.3 Å². The van der Waals surface area contributed by atoms with Gasteiger partial charge in [-0.05, 0) is 78.8 Å². The second-order valence-corrected chi connectivity index (χ2v) is 9.66. The van der Waals surface area contributed by atoms with E-state index in [4.69, 9.17) is 37.4 Å². The molecule has 0 aliphatic carbocycles. The lowest BCUT2D eigenvalue weighted by atomic mass is 10.0. The topological polar surface area (TPSA) is 93.7 Å². The Bertz CT molecular complexity index is 1840. The molecule has 200 valence electrons. The Balaban J connectivity index is 1.28. The Labute approximate surface area is 240 Å². The third-order valence-corrected chi connectivity index (χ3v) is 6.73. The van der Waals surface area contributed by atoms with Gasteiger partial charge in [0.25, 0.3) is 0 Å². The molecule has 2 N–H and O–H groups in total. The molecule has 0 aliphatic heterocycles. The Morgan fingerprint density at radius 3 is 2.58 bits per heavy atom. The van der Waals surface area contributed by atoms with Crippen LogP contribution in [-0.2, 0) is 4.79 Å². The van der Waals surface area contributed by atoms with Gasteiger partial charge in [-0.1, -0.05) is 48.0 Å². The highest BCUT2D eigenvalue weighted by Crippen LogP contribution is 2.31. The van der Waals surface area contributed by atoms with Crippen LogP contribution in [0.2, 0.25) is 5.02 Å². The summed E-state index contributed by atoms with van der Waals surface area (Å²) in [5.74, 6) is 1.13. The quantitative estimate of drug-likeness (QED) is 0.126. The molecule has 3 aromatic carbocycles. The summed E-state index contributed by atoms with van der Waals surface area (Å²) < 4.78 is 16.7. The number of carbonyl (C=O) groups excluding carboxylic acids is 1. The van der Waals surface area contributed by atoms with Gasteiger partial charge in [0.2, 0.25) is 5.91 Å². The minimum Gasteiger partial charge on any atom is -0.495 e. The highest BCUT2D eigenvalue weighted by atomic mass is 35.5. The summed E-state index contributed by atoms with van der Waals surface area (Å²) in [7, 11) is 1.51. The van der Waals surface area contributed by atoms with E-state index in [1.807, 2.05) is 37.3 Å². The zero-order chi connectivity index (χ0) is 28.2. The number of thiocarbonyl (C=S) groups is 1. The minimum absolute atomic E-state index is 0.0464. The van der Waals surface area contributed by atoms with Crippen molar-refractivity contribution >= 4 is 57.6 Å². The number of hydrogen-bond acceptors (Lipinski definition) is 6. The number of ether oxygens (including phenoxy) is 1. The number of furan rings is 1. The first-order chi connectivity index (χ1) is 19.3.